The Morgan fingerprint density at radius 3 is 2.48 bits per heavy atom. The molecule has 3 heterocycles. The third kappa shape index (κ3) is 4.26. The summed E-state index contributed by atoms with van der Waals surface area (Å²) in [5.74, 6) is 1.67. The Kier molecular flexibility index (Phi) is 5.91. The van der Waals surface area contributed by atoms with Gasteiger partial charge in [0, 0.05) is 43.4 Å². The fraction of sp³-hybridized carbons (Fsp3) is 0.231. The summed E-state index contributed by atoms with van der Waals surface area (Å²) in [5, 5.41) is 11.1. The molecule has 168 valence electrons. The highest BCUT2D eigenvalue weighted by Crippen LogP contribution is 2.32. The summed E-state index contributed by atoms with van der Waals surface area (Å²) in [6.45, 7) is 5.66. The average molecular weight is 506 g/mol. The van der Waals surface area contributed by atoms with Gasteiger partial charge in [-0.1, -0.05) is 34.1 Å². The van der Waals surface area contributed by atoms with Crippen molar-refractivity contribution in [2.24, 2.45) is 0 Å². The van der Waals surface area contributed by atoms with E-state index < -0.39 is 0 Å². The van der Waals surface area contributed by atoms with Gasteiger partial charge in [-0.3, -0.25) is 9.69 Å². The van der Waals surface area contributed by atoms with Crippen LogP contribution in [0, 0.1) is 6.92 Å². The number of fused-ring (bicyclic) bond motifs is 1. The van der Waals surface area contributed by atoms with Crippen LogP contribution < -0.4 is 10.3 Å². The predicted molar refractivity (Wildman–Crippen MR) is 134 cm³/mol. The maximum Gasteiger partial charge on any atom is 0.200 e. The molecule has 0 spiro atoms. The van der Waals surface area contributed by atoms with Crippen molar-refractivity contribution >= 4 is 32.7 Å². The average Bonchev–Trinajstić information content (AvgIpc) is 2.83. The van der Waals surface area contributed by atoms with Crippen LogP contribution in [0.15, 0.2) is 74.5 Å². The number of nitrogens with zero attached hydrogens (tertiary/aromatic N) is 3. The normalized spacial score (nSPS) is 14.7. The van der Waals surface area contributed by atoms with Gasteiger partial charge in [0.05, 0.1) is 16.5 Å². The molecule has 33 heavy (non-hydrogen) atoms. The molecule has 1 N–H and O–H groups in total. The number of hydrogen-bond donors (Lipinski definition) is 1. The first-order valence-corrected chi connectivity index (χ1v) is 11.7. The van der Waals surface area contributed by atoms with E-state index in [-0.39, 0.29) is 11.2 Å². The third-order valence-corrected chi connectivity index (χ3v) is 6.70. The first-order valence-electron chi connectivity index (χ1n) is 10.9. The SMILES string of the molecule is Cc1oc2c(CN3CCN(c4ccccn4)CC3)c(O)ccc2c(=O)c1-c1ccc(Br)cc1. The van der Waals surface area contributed by atoms with Crippen LogP contribution in [-0.2, 0) is 6.54 Å². The molecule has 0 aliphatic carbocycles. The molecule has 0 saturated carbocycles. The van der Waals surface area contributed by atoms with Gasteiger partial charge in [-0.15, -0.1) is 0 Å². The number of pyridine rings is 1. The molecule has 4 aromatic rings. The Balaban J connectivity index is 1.45. The van der Waals surface area contributed by atoms with Crippen molar-refractivity contribution in [3.63, 3.8) is 0 Å². The first kappa shape index (κ1) is 21.7. The summed E-state index contributed by atoms with van der Waals surface area (Å²) >= 11 is 3.44. The Labute approximate surface area is 200 Å². The van der Waals surface area contributed by atoms with Gasteiger partial charge in [-0.2, -0.15) is 0 Å². The minimum atomic E-state index is -0.0858. The van der Waals surface area contributed by atoms with Crippen molar-refractivity contribution in [3.05, 3.63) is 86.8 Å². The minimum absolute atomic E-state index is 0.0858. The Morgan fingerprint density at radius 2 is 1.79 bits per heavy atom. The van der Waals surface area contributed by atoms with Crippen LogP contribution in [0.3, 0.4) is 0 Å². The molecular weight excluding hydrogens is 482 g/mol. The van der Waals surface area contributed by atoms with Crippen LogP contribution in [0.2, 0.25) is 0 Å². The second-order valence-corrected chi connectivity index (χ2v) is 9.18. The van der Waals surface area contributed by atoms with Crippen molar-refractivity contribution in [2.45, 2.75) is 13.5 Å². The van der Waals surface area contributed by atoms with Crippen LogP contribution in [0.25, 0.3) is 22.1 Å². The number of aromatic nitrogens is 1. The van der Waals surface area contributed by atoms with Crippen molar-refractivity contribution in [2.75, 3.05) is 31.1 Å². The van der Waals surface area contributed by atoms with Crippen LogP contribution >= 0.6 is 15.9 Å². The zero-order valence-corrected chi connectivity index (χ0v) is 19.9. The number of phenolic OH excluding ortho intramolecular Hbond substituents is 1. The molecule has 1 fully saturated rings. The molecule has 2 aromatic heterocycles. The van der Waals surface area contributed by atoms with E-state index in [0.717, 1.165) is 42.0 Å². The van der Waals surface area contributed by atoms with Gasteiger partial charge < -0.3 is 14.4 Å². The number of aromatic hydroxyl groups is 1. The molecule has 2 aromatic carbocycles. The van der Waals surface area contributed by atoms with Crippen molar-refractivity contribution in [3.8, 4) is 16.9 Å². The van der Waals surface area contributed by atoms with Gasteiger partial charge >= 0.3 is 0 Å². The lowest BCUT2D eigenvalue weighted by Gasteiger charge is -2.35. The minimum Gasteiger partial charge on any atom is -0.507 e. The van der Waals surface area contributed by atoms with Crippen LogP contribution in [0.5, 0.6) is 5.75 Å². The van der Waals surface area contributed by atoms with Crippen molar-refractivity contribution < 1.29 is 9.52 Å². The first-order chi connectivity index (χ1) is 16.0. The number of phenols is 1. The molecule has 6 nitrogen and oxygen atoms in total. The quantitative estimate of drug-likeness (QED) is 0.422. The summed E-state index contributed by atoms with van der Waals surface area (Å²) in [7, 11) is 0. The number of halogens is 1. The molecule has 1 aliphatic heterocycles. The predicted octanol–water partition coefficient (Wildman–Crippen LogP) is 4.95. The van der Waals surface area contributed by atoms with E-state index >= 15 is 0 Å². The highest BCUT2D eigenvalue weighted by atomic mass is 79.9. The molecule has 1 saturated heterocycles. The van der Waals surface area contributed by atoms with Crippen molar-refractivity contribution in [1.29, 1.82) is 0 Å². The molecule has 0 radical (unpaired) electrons. The fourth-order valence-corrected chi connectivity index (χ4v) is 4.68. The van der Waals surface area contributed by atoms with E-state index in [4.69, 9.17) is 4.42 Å². The maximum atomic E-state index is 13.4. The molecule has 1 aliphatic rings. The molecular formula is C26H24BrN3O3. The van der Waals surface area contributed by atoms with Crippen molar-refractivity contribution in [1.82, 2.24) is 9.88 Å². The molecule has 0 amide bonds. The van der Waals surface area contributed by atoms with Crippen LogP contribution in [-0.4, -0.2) is 41.2 Å². The topological polar surface area (TPSA) is 69.8 Å². The van der Waals surface area contributed by atoms with E-state index in [9.17, 15) is 9.90 Å². The lowest BCUT2D eigenvalue weighted by Crippen LogP contribution is -2.46. The van der Waals surface area contributed by atoms with E-state index in [1.165, 1.54) is 0 Å². The summed E-state index contributed by atoms with van der Waals surface area (Å²) in [6, 6.07) is 16.8. The summed E-state index contributed by atoms with van der Waals surface area (Å²) in [6.07, 6.45) is 1.81. The Hall–Kier alpha value is -3.16. The number of rotatable bonds is 4. The highest BCUT2D eigenvalue weighted by molar-refractivity contribution is 9.10. The summed E-state index contributed by atoms with van der Waals surface area (Å²) in [5.41, 5.74) is 2.39. The summed E-state index contributed by atoms with van der Waals surface area (Å²) in [4.78, 5) is 22.4. The maximum absolute atomic E-state index is 13.4. The molecule has 0 bridgehead atoms. The lowest BCUT2D eigenvalue weighted by molar-refractivity contribution is 0.246. The lowest BCUT2D eigenvalue weighted by atomic mass is 10.0. The fourth-order valence-electron chi connectivity index (χ4n) is 4.41. The van der Waals surface area contributed by atoms with E-state index in [2.05, 4.69) is 30.7 Å². The Bertz CT molecular complexity index is 1350. The standard InChI is InChI=1S/C26H24BrN3O3/c1-17-24(18-5-7-19(27)8-6-18)25(32)20-9-10-22(31)21(26(20)33-17)16-29-12-14-30(15-13-29)23-4-2-3-11-28-23/h2-11,31H,12-16H2,1H3. The zero-order valence-electron chi connectivity index (χ0n) is 18.3. The van der Waals surface area contributed by atoms with E-state index in [1.54, 1.807) is 19.1 Å². The van der Waals surface area contributed by atoms with Gasteiger partial charge in [0.25, 0.3) is 0 Å². The highest BCUT2D eigenvalue weighted by Gasteiger charge is 2.22. The van der Waals surface area contributed by atoms with E-state index in [1.807, 2.05) is 48.7 Å². The largest absolute Gasteiger partial charge is 0.507 e. The second-order valence-electron chi connectivity index (χ2n) is 8.26. The number of benzene rings is 2. The monoisotopic (exact) mass is 505 g/mol. The molecule has 5 rings (SSSR count). The molecule has 7 heteroatoms. The third-order valence-electron chi connectivity index (χ3n) is 6.17. The number of piperazine rings is 1. The number of hydrogen-bond acceptors (Lipinski definition) is 6. The second kappa shape index (κ2) is 9.00. The molecule has 0 atom stereocenters. The molecule has 0 unspecified atom stereocenters. The van der Waals surface area contributed by atoms with E-state index in [0.29, 0.717) is 34.4 Å². The smallest absolute Gasteiger partial charge is 0.200 e. The summed E-state index contributed by atoms with van der Waals surface area (Å²) < 4.78 is 7.13. The van der Waals surface area contributed by atoms with Gasteiger partial charge in [-0.05, 0) is 48.9 Å². The van der Waals surface area contributed by atoms with Crippen LogP contribution in [0.1, 0.15) is 11.3 Å². The Morgan fingerprint density at radius 1 is 1.03 bits per heavy atom. The van der Waals surface area contributed by atoms with Gasteiger partial charge in [0.2, 0.25) is 5.43 Å². The van der Waals surface area contributed by atoms with Crippen LogP contribution in [0.4, 0.5) is 5.82 Å². The number of anilines is 1. The zero-order chi connectivity index (χ0) is 22.9. The number of aryl methyl sites for hydroxylation is 1. The van der Waals surface area contributed by atoms with Gasteiger partial charge in [-0.25, -0.2) is 4.98 Å². The van der Waals surface area contributed by atoms with Gasteiger partial charge in [0.15, 0.2) is 0 Å². The van der Waals surface area contributed by atoms with Gasteiger partial charge in [0.1, 0.15) is 22.9 Å².